The van der Waals surface area contributed by atoms with E-state index < -0.39 is 0 Å². The van der Waals surface area contributed by atoms with Crippen LogP contribution in [0.25, 0.3) is 65.3 Å². The molecule has 0 spiro atoms. The standard InChI is InChI=1S/2C20H15.2C7H7.2CH3.Si.Zr/c2*1-14-12-16-8-5-11-19(20(16)13-14)18-10-4-7-15-6-2-3-9-17(15)18;2*1-7-5-3-2-4-6-7;;;;/h2*2-13H,1H3;2*2-6H,1H2;2*1H3;;/q6*-1;;. The van der Waals surface area contributed by atoms with Gasteiger partial charge in [0.2, 0.25) is 0 Å². The van der Waals surface area contributed by atoms with Crippen molar-refractivity contribution in [3.05, 3.63) is 257 Å². The summed E-state index contributed by atoms with van der Waals surface area (Å²) in [5.74, 6) is 0. The molecule has 0 N–H and O–H groups in total. The van der Waals surface area contributed by atoms with Crippen LogP contribution < -0.4 is 0 Å². The van der Waals surface area contributed by atoms with Gasteiger partial charge >= 0.3 is 30.2 Å². The molecule has 0 amide bonds. The monoisotopic (exact) mass is 840 g/mol. The molecule has 0 aliphatic carbocycles. The molecule has 10 aromatic carbocycles. The summed E-state index contributed by atoms with van der Waals surface area (Å²) >= 11 is 1.36. The van der Waals surface area contributed by atoms with Gasteiger partial charge < -0.3 is 14.9 Å². The summed E-state index contributed by atoms with van der Waals surface area (Å²) in [5, 5.41) is 10.6. The molecule has 0 aliphatic rings. The van der Waals surface area contributed by atoms with E-state index in [1.54, 1.807) is 0 Å². The van der Waals surface area contributed by atoms with Gasteiger partial charge in [-0.3, -0.25) is 0 Å². The molecule has 0 aromatic heterocycles. The third-order valence-corrected chi connectivity index (χ3v) is 9.64. The van der Waals surface area contributed by atoms with Gasteiger partial charge in [0, 0.05) is 0 Å². The van der Waals surface area contributed by atoms with Crippen molar-refractivity contribution >= 4 is 50.0 Å². The minimum atomic E-state index is 0. The molecule has 10 rings (SSSR count). The van der Waals surface area contributed by atoms with Crippen molar-refractivity contribution in [3.63, 3.8) is 0 Å². The first-order chi connectivity index (χ1) is 27.4. The molecular weight excluding hydrogens is 792 g/mol. The third-order valence-electron chi connectivity index (χ3n) is 9.64. The number of benzene rings is 8. The molecular formula is C56H50SiZr-6. The maximum atomic E-state index is 3.72. The Kier molecular flexibility index (Phi) is 17.3. The molecule has 0 fully saturated rings. The molecule has 0 unspecified atom stereocenters. The Balaban J connectivity index is 0.000000183. The summed E-state index contributed by atoms with van der Waals surface area (Å²) in [4.78, 5) is 0. The SMILES string of the molecule is Cc1cc2c(-c3cccc4ccccc34)cccc2[cH-]1.Cc1cc2c(-c3cccc4ccccc34)cccc2[cH-]1.[CH2-]c1ccccc1.[CH2-]c1ccccc1.[CH3-].[CH3-].[Si]=[Zr]. The van der Waals surface area contributed by atoms with E-state index in [0.29, 0.717) is 0 Å². The van der Waals surface area contributed by atoms with E-state index in [1.807, 2.05) is 60.7 Å². The summed E-state index contributed by atoms with van der Waals surface area (Å²) in [6.45, 7) is 14.8. The molecule has 0 nitrogen and oxygen atoms in total. The molecule has 2 radical (unpaired) electrons. The first kappa shape index (κ1) is 45.0. The molecule has 0 atom stereocenters. The predicted molar refractivity (Wildman–Crippen MR) is 255 cm³/mol. The average Bonchev–Trinajstić information content (AvgIpc) is 3.83. The molecule has 58 heavy (non-hydrogen) atoms. The van der Waals surface area contributed by atoms with Crippen LogP contribution >= 0.6 is 0 Å². The Morgan fingerprint density at radius 1 is 0.362 bits per heavy atom. The van der Waals surface area contributed by atoms with Crippen LogP contribution in [0.4, 0.5) is 0 Å². The molecule has 0 saturated heterocycles. The number of hydrogen-bond donors (Lipinski definition) is 0. The van der Waals surface area contributed by atoms with E-state index in [0.717, 1.165) is 11.1 Å². The van der Waals surface area contributed by atoms with Gasteiger partial charge in [-0.1, -0.05) is 134 Å². The van der Waals surface area contributed by atoms with Gasteiger partial charge in [-0.2, -0.15) is 61.4 Å². The first-order valence-electron chi connectivity index (χ1n) is 18.7. The van der Waals surface area contributed by atoms with Crippen LogP contribution in [0.2, 0.25) is 0 Å². The van der Waals surface area contributed by atoms with Crippen molar-refractivity contribution in [2.45, 2.75) is 13.8 Å². The molecule has 0 saturated carbocycles. The molecule has 0 heterocycles. The Morgan fingerprint density at radius 2 is 0.655 bits per heavy atom. The second-order valence-corrected chi connectivity index (χ2v) is 13.7. The summed E-state index contributed by atoms with van der Waals surface area (Å²) < 4.78 is 0. The zero-order valence-electron chi connectivity index (χ0n) is 34.0. The van der Waals surface area contributed by atoms with Crippen LogP contribution in [0.5, 0.6) is 0 Å². The van der Waals surface area contributed by atoms with Crippen LogP contribution in [0.3, 0.4) is 0 Å². The van der Waals surface area contributed by atoms with E-state index in [-0.39, 0.29) is 14.9 Å². The fourth-order valence-electron chi connectivity index (χ4n) is 7.12. The van der Waals surface area contributed by atoms with Crippen molar-refractivity contribution in [3.8, 4) is 22.3 Å². The maximum absolute atomic E-state index is 3.72. The van der Waals surface area contributed by atoms with Gasteiger partial charge in [0.05, 0.1) is 0 Å². The fraction of sp³-hybridized carbons (Fsp3) is 0.0357. The van der Waals surface area contributed by atoms with E-state index in [1.165, 1.54) is 99.8 Å². The van der Waals surface area contributed by atoms with E-state index in [2.05, 4.69) is 180 Å². The zero-order chi connectivity index (χ0) is 39.3. The van der Waals surface area contributed by atoms with Crippen molar-refractivity contribution in [2.24, 2.45) is 0 Å². The molecule has 0 bridgehead atoms. The van der Waals surface area contributed by atoms with Gasteiger partial charge in [-0.15, -0.1) is 93.3 Å². The van der Waals surface area contributed by atoms with Gasteiger partial charge in [0.15, 0.2) is 0 Å². The quantitative estimate of drug-likeness (QED) is 0.120. The number of aryl methyl sites for hydroxylation is 2. The van der Waals surface area contributed by atoms with E-state index in [9.17, 15) is 0 Å². The topological polar surface area (TPSA) is 0 Å². The Morgan fingerprint density at radius 3 is 1.00 bits per heavy atom. The van der Waals surface area contributed by atoms with Crippen LogP contribution in [-0.4, -0.2) is 6.88 Å². The second kappa shape index (κ2) is 22.3. The summed E-state index contributed by atoms with van der Waals surface area (Å²) in [5.41, 5.74) is 10.1. The number of fused-ring (bicyclic) bond motifs is 4. The number of hydrogen-bond acceptors (Lipinski definition) is 0. The van der Waals surface area contributed by atoms with Gasteiger partial charge in [0.25, 0.3) is 0 Å². The zero-order valence-corrected chi connectivity index (χ0v) is 37.5. The van der Waals surface area contributed by atoms with Crippen molar-refractivity contribution in [1.29, 1.82) is 0 Å². The first-order valence-corrected chi connectivity index (χ1v) is 22.9. The molecule has 0 aliphatic heterocycles. The van der Waals surface area contributed by atoms with Crippen LogP contribution in [0, 0.1) is 42.5 Å². The van der Waals surface area contributed by atoms with Crippen LogP contribution in [0.15, 0.2) is 206 Å². The molecule has 2 heteroatoms. The van der Waals surface area contributed by atoms with Gasteiger partial charge in [0.1, 0.15) is 0 Å². The van der Waals surface area contributed by atoms with E-state index in [4.69, 9.17) is 0 Å². The summed E-state index contributed by atoms with van der Waals surface area (Å²) in [6, 6.07) is 72.2. The van der Waals surface area contributed by atoms with Crippen molar-refractivity contribution in [1.82, 2.24) is 0 Å². The average molecular weight is 842 g/mol. The molecule has 288 valence electrons. The van der Waals surface area contributed by atoms with Crippen molar-refractivity contribution < 1.29 is 23.3 Å². The number of rotatable bonds is 2. The third kappa shape index (κ3) is 11.3. The fourth-order valence-corrected chi connectivity index (χ4v) is 7.12. The normalized spacial score (nSPS) is 9.88. The Bertz CT molecular complexity index is 2570. The summed E-state index contributed by atoms with van der Waals surface area (Å²) in [7, 11) is 0. The second-order valence-electron chi connectivity index (χ2n) is 13.7. The van der Waals surface area contributed by atoms with Crippen LogP contribution in [-0.2, 0) is 23.3 Å². The predicted octanol–water partition coefficient (Wildman–Crippen LogP) is 15.6. The van der Waals surface area contributed by atoms with Gasteiger partial charge in [-0.25, -0.2) is 0 Å². The van der Waals surface area contributed by atoms with Crippen LogP contribution in [0.1, 0.15) is 22.3 Å². The van der Waals surface area contributed by atoms with Crippen molar-refractivity contribution in [2.75, 3.05) is 0 Å². The Labute approximate surface area is 364 Å². The Hall–Kier alpha value is -5.66. The molecule has 10 aromatic rings. The summed E-state index contributed by atoms with van der Waals surface area (Å²) in [6.07, 6.45) is 0. The van der Waals surface area contributed by atoms with E-state index >= 15 is 0 Å². The van der Waals surface area contributed by atoms with Gasteiger partial charge in [-0.05, 0) is 32.7 Å². The minimum absolute atomic E-state index is 0.